The first-order chi connectivity index (χ1) is 14.4. The number of nitrogens with two attached hydrogens (primary N) is 2. The highest BCUT2D eigenvalue weighted by atomic mass is 32.3. The molecule has 3 rings (SSSR count). The molecule has 0 bridgehead atoms. The lowest BCUT2D eigenvalue weighted by Gasteiger charge is -2.11. The number of nitrogens with one attached hydrogen (secondary N) is 2. The Morgan fingerprint density at radius 2 is 1.00 bits per heavy atom. The van der Waals surface area contributed by atoms with E-state index in [1.807, 2.05) is 0 Å². The van der Waals surface area contributed by atoms with Gasteiger partial charge < -0.3 is 11.5 Å². The van der Waals surface area contributed by atoms with Crippen molar-refractivity contribution < 1.29 is 25.3 Å². The van der Waals surface area contributed by atoms with E-state index in [-0.39, 0.29) is 31.7 Å². The van der Waals surface area contributed by atoms with Gasteiger partial charge in [0.15, 0.2) is 0 Å². The Morgan fingerprint density at radius 3 is 1.48 bits per heavy atom. The molecule has 0 aliphatic rings. The average molecular weight is 483 g/mol. The molecular weight excluding hydrogens is 464 g/mol. The lowest BCUT2D eigenvalue weighted by molar-refractivity contribution is 0.577. The fourth-order valence-electron chi connectivity index (χ4n) is 2.52. The molecule has 3 aromatic carbocycles. The predicted octanol–water partition coefficient (Wildman–Crippen LogP) is 1.32. The fourth-order valence-corrected chi connectivity index (χ4v) is 6.60. The summed E-state index contributed by atoms with van der Waals surface area (Å²) in [6, 6.07) is 15.3. The van der Waals surface area contributed by atoms with E-state index >= 15 is 0 Å². The van der Waals surface area contributed by atoms with Crippen LogP contribution in [-0.4, -0.2) is 25.3 Å². The summed E-state index contributed by atoms with van der Waals surface area (Å²) in [6.07, 6.45) is 0. The van der Waals surface area contributed by atoms with Gasteiger partial charge in [-0.3, -0.25) is 4.72 Å². The van der Waals surface area contributed by atoms with Crippen molar-refractivity contribution in [2.24, 2.45) is 0 Å². The highest BCUT2D eigenvalue weighted by Crippen LogP contribution is 2.21. The normalized spacial score (nSPS) is 12.4. The van der Waals surface area contributed by atoms with E-state index in [1.165, 1.54) is 54.6 Å². The topological polar surface area (TPSA) is 179 Å². The molecule has 0 heterocycles. The van der Waals surface area contributed by atoms with E-state index in [9.17, 15) is 25.3 Å². The first-order valence-electron chi connectivity index (χ1n) is 8.52. The fraction of sp³-hybridized carbons (Fsp3) is 0. The highest BCUT2D eigenvalue weighted by molar-refractivity contribution is 8.04. The van der Waals surface area contributed by atoms with Crippen LogP contribution >= 0.6 is 0 Å². The molecule has 0 saturated carbocycles. The molecule has 0 aromatic heterocycles. The van der Waals surface area contributed by atoms with Crippen LogP contribution in [0.4, 0.5) is 17.1 Å². The van der Waals surface area contributed by atoms with Crippen molar-refractivity contribution in [1.82, 2.24) is 4.13 Å². The van der Waals surface area contributed by atoms with E-state index in [2.05, 4.69) is 4.72 Å². The van der Waals surface area contributed by atoms with Gasteiger partial charge in [0, 0.05) is 17.1 Å². The zero-order chi connectivity index (χ0) is 22.9. The second-order valence-electron chi connectivity index (χ2n) is 6.37. The Bertz CT molecular complexity index is 1440. The molecule has 0 spiro atoms. The highest BCUT2D eigenvalue weighted by Gasteiger charge is 2.25. The third-order valence-electron chi connectivity index (χ3n) is 3.97. The van der Waals surface area contributed by atoms with E-state index in [1.54, 1.807) is 4.13 Å². The van der Waals surface area contributed by atoms with Gasteiger partial charge in [-0.25, -0.2) is 25.3 Å². The van der Waals surface area contributed by atoms with Gasteiger partial charge in [-0.05, 0) is 60.7 Å². The van der Waals surface area contributed by atoms with Gasteiger partial charge in [-0.1, -0.05) is 12.1 Å². The maximum absolute atomic E-state index is 12.5. The largest absolute Gasteiger partial charge is 0.399 e. The van der Waals surface area contributed by atoms with Crippen LogP contribution in [0, 0.1) is 0 Å². The molecule has 13 heteroatoms. The molecule has 0 radical (unpaired) electrons. The van der Waals surface area contributed by atoms with Crippen molar-refractivity contribution in [3.8, 4) is 0 Å². The van der Waals surface area contributed by atoms with Crippen LogP contribution in [-0.2, 0) is 30.1 Å². The minimum Gasteiger partial charge on any atom is -0.399 e. The molecule has 0 unspecified atom stereocenters. The van der Waals surface area contributed by atoms with Crippen LogP contribution in [0.2, 0.25) is 0 Å². The first-order valence-corrected chi connectivity index (χ1v) is 13.0. The van der Waals surface area contributed by atoms with Crippen molar-refractivity contribution in [2.75, 3.05) is 16.2 Å². The summed E-state index contributed by atoms with van der Waals surface area (Å²) in [5, 5.41) is 0. The standard InChI is InChI=1S/C18H18N4O6S3/c19-13-3-1-5-17(11-13)29(23,24)21-15-7-9-16(10-8-15)30(25,26)22-31(27,28)18-6-2-4-14(20)12-18/h1-12,21-22H,19-20H2. The van der Waals surface area contributed by atoms with E-state index in [4.69, 9.17) is 11.5 Å². The Morgan fingerprint density at radius 1 is 0.548 bits per heavy atom. The van der Waals surface area contributed by atoms with Gasteiger partial charge in [0.2, 0.25) is 0 Å². The zero-order valence-corrected chi connectivity index (χ0v) is 18.2. The summed E-state index contributed by atoms with van der Waals surface area (Å²) in [5.74, 6) is 0. The van der Waals surface area contributed by atoms with Gasteiger partial charge in [-0.15, -0.1) is 4.13 Å². The third kappa shape index (κ3) is 5.32. The molecule has 0 fully saturated rings. The SMILES string of the molecule is Nc1cccc(S(=O)(=O)Nc2ccc(S(=O)(=O)NS(=O)(=O)c3cccc(N)c3)cc2)c1. The summed E-state index contributed by atoms with van der Waals surface area (Å²) >= 11 is 0. The van der Waals surface area contributed by atoms with Gasteiger partial charge >= 0.3 is 0 Å². The minimum absolute atomic E-state index is 0.0695. The molecule has 31 heavy (non-hydrogen) atoms. The molecule has 0 aliphatic carbocycles. The third-order valence-corrected chi connectivity index (χ3v) is 8.87. The Hall–Kier alpha value is -3.13. The maximum atomic E-state index is 12.5. The number of hydrogen-bond acceptors (Lipinski definition) is 8. The molecule has 10 nitrogen and oxygen atoms in total. The zero-order valence-electron chi connectivity index (χ0n) is 15.8. The Kier molecular flexibility index (Phi) is 5.96. The molecule has 0 aliphatic heterocycles. The minimum atomic E-state index is -4.47. The average Bonchev–Trinajstić information content (AvgIpc) is 2.67. The number of nitrogen functional groups attached to an aromatic ring is 2. The van der Waals surface area contributed by atoms with E-state index < -0.39 is 30.1 Å². The molecule has 0 amide bonds. The summed E-state index contributed by atoms with van der Waals surface area (Å²) in [7, 11) is -12.8. The van der Waals surface area contributed by atoms with Crippen molar-refractivity contribution in [3.05, 3.63) is 72.8 Å². The van der Waals surface area contributed by atoms with Crippen LogP contribution in [0.5, 0.6) is 0 Å². The van der Waals surface area contributed by atoms with Gasteiger partial charge in [0.1, 0.15) is 0 Å². The second-order valence-corrected chi connectivity index (χ2v) is 11.7. The number of hydrogen-bond donors (Lipinski definition) is 4. The van der Waals surface area contributed by atoms with Gasteiger partial charge in [0.05, 0.1) is 14.7 Å². The lowest BCUT2D eigenvalue weighted by Crippen LogP contribution is -2.30. The number of benzene rings is 3. The molecule has 6 N–H and O–H groups in total. The summed E-state index contributed by atoms with van der Waals surface area (Å²) in [5.41, 5.74) is 11.6. The van der Waals surface area contributed by atoms with Crippen molar-refractivity contribution >= 4 is 47.1 Å². The summed E-state index contributed by atoms with van der Waals surface area (Å²) in [4.78, 5) is -0.770. The number of rotatable bonds is 7. The quantitative estimate of drug-likeness (QED) is 0.364. The lowest BCUT2D eigenvalue weighted by atomic mass is 10.3. The number of anilines is 3. The molecular formula is C18H18N4O6S3. The van der Waals surface area contributed by atoms with Crippen molar-refractivity contribution in [2.45, 2.75) is 14.7 Å². The van der Waals surface area contributed by atoms with Gasteiger partial charge in [0.25, 0.3) is 30.1 Å². The maximum Gasteiger partial charge on any atom is 0.261 e. The molecule has 0 atom stereocenters. The van der Waals surface area contributed by atoms with Crippen LogP contribution in [0.1, 0.15) is 0 Å². The van der Waals surface area contributed by atoms with Crippen molar-refractivity contribution in [3.63, 3.8) is 0 Å². The molecule has 164 valence electrons. The van der Waals surface area contributed by atoms with Crippen molar-refractivity contribution in [1.29, 1.82) is 0 Å². The molecule has 3 aromatic rings. The second kappa shape index (κ2) is 8.19. The Labute approximate surface area is 180 Å². The number of sulfonamides is 3. The Balaban J connectivity index is 1.82. The van der Waals surface area contributed by atoms with Crippen LogP contribution < -0.4 is 20.3 Å². The summed E-state index contributed by atoms with van der Waals surface area (Å²) < 4.78 is 78.5. The van der Waals surface area contributed by atoms with E-state index in [0.29, 0.717) is 0 Å². The molecule has 0 saturated heterocycles. The van der Waals surface area contributed by atoms with Crippen LogP contribution in [0.15, 0.2) is 87.5 Å². The van der Waals surface area contributed by atoms with Gasteiger partial charge in [-0.2, -0.15) is 0 Å². The van der Waals surface area contributed by atoms with Crippen LogP contribution in [0.3, 0.4) is 0 Å². The van der Waals surface area contributed by atoms with E-state index in [0.717, 1.165) is 18.2 Å². The monoisotopic (exact) mass is 482 g/mol. The first kappa shape index (κ1) is 22.6. The van der Waals surface area contributed by atoms with Crippen LogP contribution in [0.25, 0.3) is 0 Å². The smallest absolute Gasteiger partial charge is 0.261 e. The predicted molar refractivity (Wildman–Crippen MR) is 116 cm³/mol. The summed E-state index contributed by atoms with van der Waals surface area (Å²) in [6.45, 7) is 0.